The van der Waals surface area contributed by atoms with Crippen molar-refractivity contribution in [1.82, 2.24) is 5.32 Å². The van der Waals surface area contributed by atoms with E-state index in [9.17, 15) is 14.4 Å². The van der Waals surface area contributed by atoms with E-state index in [0.29, 0.717) is 10.0 Å². The summed E-state index contributed by atoms with van der Waals surface area (Å²) in [7, 11) is 0. The molecule has 0 aliphatic heterocycles. The Morgan fingerprint density at radius 3 is 2.58 bits per heavy atom. The molecule has 1 rings (SSSR count). The van der Waals surface area contributed by atoms with E-state index in [1.54, 1.807) is 25.1 Å². The molecule has 0 heterocycles. The molecule has 0 aliphatic rings. The van der Waals surface area contributed by atoms with Crippen molar-refractivity contribution in [2.24, 2.45) is 5.73 Å². The maximum atomic E-state index is 12.0. The molecule has 0 spiro atoms. The van der Waals surface area contributed by atoms with Gasteiger partial charge in [0.15, 0.2) is 0 Å². The fourth-order valence-electron chi connectivity index (χ4n) is 1.45. The quantitative estimate of drug-likeness (QED) is 0.743. The van der Waals surface area contributed by atoms with Crippen LogP contribution in [0.25, 0.3) is 0 Å². The van der Waals surface area contributed by atoms with Crippen molar-refractivity contribution < 1.29 is 19.5 Å². The highest BCUT2D eigenvalue weighted by molar-refractivity contribution is 9.10. The van der Waals surface area contributed by atoms with Crippen LogP contribution in [0.3, 0.4) is 0 Å². The summed E-state index contributed by atoms with van der Waals surface area (Å²) in [6, 6.07) is 3.77. The van der Waals surface area contributed by atoms with E-state index < -0.39 is 30.2 Å². The monoisotopic (exact) mass is 328 g/mol. The Morgan fingerprint density at radius 1 is 1.42 bits per heavy atom. The topological polar surface area (TPSA) is 109 Å². The van der Waals surface area contributed by atoms with Crippen LogP contribution >= 0.6 is 15.9 Å². The van der Waals surface area contributed by atoms with E-state index in [4.69, 9.17) is 10.8 Å². The molecule has 0 unspecified atom stereocenters. The van der Waals surface area contributed by atoms with Gasteiger partial charge in [-0.25, -0.2) is 4.79 Å². The molecule has 2 amide bonds. The van der Waals surface area contributed by atoms with Crippen molar-refractivity contribution >= 4 is 33.7 Å². The largest absolute Gasteiger partial charge is 0.480 e. The first-order chi connectivity index (χ1) is 8.81. The molecule has 19 heavy (non-hydrogen) atoms. The summed E-state index contributed by atoms with van der Waals surface area (Å²) in [5, 5.41) is 11.2. The van der Waals surface area contributed by atoms with Gasteiger partial charge in [0.05, 0.1) is 12.0 Å². The molecule has 102 valence electrons. The van der Waals surface area contributed by atoms with Crippen molar-refractivity contribution in [1.29, 1.82) is 0 Å². The van der Waals surface area contributed by atoms with Gasteiger partial charge < -0.3 is 16.2 Å². The number of benzene rings is 1. The lowest BCUT2D eigenvalue weighted by Crippen LogP contribution is -2.43. The van der Waals surface area contributed by atoms with Crippen LogP contribution in [-0.2, 0) is 9.59 Å². The zero-order chi connectivity index (χ0) is 14.6. The number of carbonyl (C=O) groups excluding carboxylic acids is 2. The second-order valence-corrected chi connectivity index (χ2v) is 4.87. The third kappa shape index (κ3) is 4.36. The van der Waals surface area contributed by atoms with Crippen LogP contribution in [0.1, 0.15) is 22.3 Å². The third-order valence-corrected chi connectivity index (χ3v) is 3.07. The average molecular weight is 329 g/mol. The highest BCUT2D eigenvalue weighted by atomic mass is 79.9. The number of halogens is 1. The summed E-state index contributed by atoms with van der Waals surface area (Å²) >= 11 is 3.21. The number of nitrogens with one attached hydrogen (secondary N) is 1. The normalized spacial score (nSPS) is 11.7. The second-order valence-electron chi connectivity index (χ2n) is 4.02. The van der Waals surface area contributed by atoms with Crippen LogP contribution in [0.5, 0.6) is 0 Å². The number of aliphatic carboxylic acids is 1. The Morgan fingerprint density at radius 2 is 2.05 bits per heavy atom. The molecule has 0 aromatic heterocycles. The fourth-order valence-corrected chi connectivity index (χ4v) is 1.88. The molecule has 1 aromatic carbocycles. The molecule has 0 saturated carbocycles. The van der Waals surface area contributed by atoms with Gasteiger partial charge in [-0.15, -0.1) is 0 Å². The van der Waals surface area contributed by atoms with Crippen LogP contribution < -0.4 is 11.1 Å². The summed E-state index contributed by atoms with van der Waals surface area (Å²) < 4.78 is 0.541. The first kappa shape index (κ1) is 15.2. The minimum atomic E-state index is -1.34. The summed E-state index contributed by atoms with van der Waals surface area (Å²) in [5.74, 6) is -2.68. The van der Waals surface area contributed by atoms with Crippen molar-refractivity contribution in [3.8, 4) is 0 Å². The molecule has 1 atom stereocenters. The van der Waals surface area contributed by atoms with Crippen LogP contribution in [0.4, 0.5) is 0 Å². The second kappa shape index (κ2) is 6.33. The molecule has 1 aromatic rings. The lowest BCUT2D eigenvalue weighted by atomic mass is 10.1. The Labute approximate surface area is 118 Å². The number of amides is 2. The Balaban J connectivity index is 2.90. The van der Waals surface area contributed by atoms with E-state index in [1.165, 1.54) is 0 Å². The first-order valence-electron chi connectivity index (χ1n) is 5.39. The molecule has 0 saturated heterocycles. The number of carboxylic acids is 1. The van der Waals surface area contributed by atoms with Gasteiger partial charge in [0.1, 0.15) is 6.04 Å². The standard InChI is InChI=1S/C12H13BrN2O4/c1-6-2-3-8(13)7(4-6)11(17)15-9(12(18)19)5-10(14)16/h2-4,9H,5H2,1H3,(H2,14,16)(H,15,17)(H,18,19)/t9-/m0/s1. The molecule has 0 radical (unpaired) electrons. The molecular formula is C12H13BrN2O4. The highest BCUT2D eigenvalue weighted by Crippen LogP contribution is 2.18. The van der Waals surface area contributed by atoms with E-state index in [-0.39, 0.29) is 0 Å². The minimum Gasteiger partial charge on any atom is -0.480 e. The summed E-state index contributed by atoms with van der Waals surface area (Å²) in [6.07, 6.45) is -0.454. The van der Waals surface area contributed by atoms with Crippen LogP contribution in [0.2, 0.25) is 0 Å². The molecular weight excluding hydrogens is 316 g/mol. The van der Waals surface area contributed by atoms with Gasteiger partial charge in [0.25, 0.3) is 5.91 Å². The SMILES string of the molecule is Cc1ccc(Br)c(C(=O)N[C@@H](CC(N)=O)C(=O)O)c1. The zero-order valence-corrected chi connectivity index (χ0v) is 11.7. The van der Waals surface area contributed by atoms with E-state index in [2.05, 4.69) is 21.2 Å². The van der Waals surface area contributed by atoms with Gasteiger partial charge in [-0.3, -0.25) is 9.59 Å². The van der Waals surface area contributed by atoms with Gasteiger partial charge in [-0.1, -0.05) is 11.6 Å². The lowest BCUT2D eigenvalue weighted by Gasteiger charge is -2.13. The molecule has 0 aliphatic carbocycles. The van der Waals surface area contributed by atoms with Crippen molar-refractivity contribution in [3.63, 3.8) is 0 Å². The molecule has 0 fully saturated rings. The van der Waals surface area contributed by atoms with Gasteiger partial charge in [0, 0.05) is 4.47 Å². The Hall–Kier alpha value is -1.89. The highest BCUT2D eigenvalue weighted by Gasteiger charge is 2.23. The maximum Gasteiger partial charge on any atom is 0.326 e. The van der Waals surface area contributed by atoms with Gasteiger partial charge in [-0.2, -0.15) is 0 Å². The van der Waals surface area contributed by atoms with Crippen molar-refractivity contribution in [2.45, 2.75) is 19.4 Å². The lowest BCUT2D eigenvalue weighted by molar-refractivity contribution is -0.140. The van der Waals surface area contributed by atoms with Crippen molar-refractivity contribution in [2.75, 3.05) is 0 Å². The van der Waals surface area contributed by atoms with Crippen LogP contribution in [-0.4, -0.2) is 28.9 Å². The fraction of sp³-hybridized carbons (Fsp3) is 0.250. The predicted octanol–water partition coefficient (Wildman–Crippen LogP) is 0.816. The molecule has 0 bridgehead atoms. The Bertz CT molecular complexity index is 530. The minimum absolute atomic E-state index is 0.302. The predicted molar refractivity (Wildman–Crippen MR) is 71.6 cm³/mol. The number of primary amides is 1. The number of carbonyl (C=O) groups is 3. The Kier molecular flexibility index (Phi) is 5.05. The zero-order valence-electron chi connectivity index (χ0n) is 10.1. The maximum absolute atomic E-state index is 12.0. The van der Waals surface area contributed by atoms with Gasteiger partial charge in [-0.05, 0) is 35.0 Å². The average Bonchev–Trinajstić information content (AvgIpc) is 2.30. The van der Waals surface area contributed by atoms with Gasteiger partial charge >= 0.3 is 5.97 Å². The summed E-state index contributed by atoms with van der Waals surface area (Å²) in [5.41, 5.74) is 6.09. The molecule has 4 N–H and O–H groups in total. The van der Waals surface area contributed by atoms with Crippen molar-refractivity contribution in [3.05, 3.63) is 33.8 Å². The van der Waals surface area contributed by atoms with E-state index >= 15 is 0 Å². The number of aryl methyl sites for hydroxylation is 1. The number of hydrogen-bond acceptors (Lipinski definition) is 3. The van der Waals surface area contributed by atoms with E-state index in [1.807, 2.05) is 0 Å². The van der Waals surface area contributed by atoms with Crippen LogP contribution in [0, 0.1) is 6.92 Å². The third-order valence-electron chi connectivity index (χ3n) is 2.38. The summed E-state index contributed by atoms with van der Waals surface area (Å²) in [6.45, 7) is 1.81. The number of nitrogens with two attached hydrogens (primary N) is 1. The number of rotatable bonds is 5. The smallest absolute Gasteiger partial charge is 0.326 e. The summed E-state index contributed by atoms with van der Waals surface area (Å²) in [4.78, 5) is 33.6. The number of hydrogen-bond donors (Lipinski definition) is 3. The number of carboxylic acid groups (broad SMARTS) is 1. The first-order valence-corrected chi connectivity index (χ1v) is 6.18. The van der Waals surface area contributed by atoms with Crippen LogP contribution in [0.15, 0.2) is 22.7 Å². The van der Waals surface area contributed by atoms with E-state index in [0.717, 1.165) is 5.56 Å². The molecule has 7 heteroatoms. The molecule has 6 nitrogen and oxygen atoms in total. The van der Waals surface area contributed by atoms with Gasteiger partial charge in [0.2, 0.25) is 5.91 Å².